The van der Waals surface area contributed by atoms with Crippen LogP contribution in [0, 0.1) is 0 Å². The molecule has 0 saturated heterocycles. The number of nitrogens with one attached hydrogen (secondary N) is 1. The molecule has 6 nitrogen and oxygen atoms in total. The van der Waals surface area contributed by atoms with Crippen molar-refractivity contribution in [2.24, 2.45) is 5.73 Å². The van der Waals surface area contributed by atoms with Crippen LogP contribution in [0.4, 0.5) is 5.82 Å². The van der Waals surface area contributed by atoms with Gasteiger partial charge in [0.05, 0.1) is 12.8 Å². The van der Waals surface area contributed by atoms with Gasteiger partial charge in [0.1, 0.15) is 11.9 Å². The smallest absolute Gasteiger partial charge is 0.244 e. The van der Waals surface area contributed by atoms with E-state index < -0.39 is 6.04 Å². The van der Waals surface area contributed by atoms with E-state index in [2.05, 4.69) is 22.5 Å². The lowest BCUT2D eigenvalue weighted by atomic mass is 10.1. The van der Waals surface area contributed by atoms with Crippen LogP contribution in [0.2, 0.25) is 0 Å². The van der Waals surface area contributed by atoms with Crippen LogP contribution in [0.25, 0.3) is 0 Å². The number of ether oxygens (including phenoxy) is 1. The van der Waals surface area contributed by atoms with Crippen LogP contribution in [0.3, 0.4) is 0 Å². The summed E-state index contributed by atoms with van der Waals surface area (Å²) >= 11 is 0. The molecule has 0 radical (unpaired) electrons. The first-order chi connectivity index (χ1) is 10.2. The molecule has 1 aromatic carbocycles. The van der Waals surface area contributed by atoms with E-state index in [1.807, 2.05) is 18.2 Å². The first-order valence-corrected chi connectivity index (χ1v) is 6.82. The molecule has 0 aliphatic heterocycles. The molecule has 0 spiro atoms. The standard InChI is InChI=1S/C15H20N4O2/c1-21-11-13(16)15(20)18-14-7-9-17-19(14)10-8-12-5-3-2-4-6-12/h2-7,9,13H,8,10-11,16H2,1H3,(H,18,20). The monoisotopic (exact) mass is 288 g/mol. The largest absolute Gasteiger partial charge is 0.383 e. The molecular formula is C15H20N4O2. The fraction of sp³-hybridized carbons (Fsp3) is 0.333. The third kappa shape index (κ3) is 4.40. The summed E-state index contributed by atoms with van der Waals surface area (Å²) in [5.41, 5.74) is 6.92. The predicted octanol–water partition coefficient (Wildman–Crippen LogP) is 1.04. The zero-order chi connectivity index (χ0) is 15.1. The molecule has 2 aromatic rings. The normalized spacial score (nSPS) is 12.1. The fourth-order valence-electron chi connectivity index (χ4n) is 1.97. The number of nitrogens with two attached hydrogens (primary N) is 1. The number of rotatable bonds is 7. The van der Waals surface area contributed by atoms with Crippen LogP contribution in [-0.2, 0) is 22.5 Å². The molecule has 0 aliphatic rings. The van der Waals surface area contributed by atoms with Crippen LogP contribution in [0.5, 0.6) is 0 Å². The quantitative estimate of drug-likeness (QED) is 0.797. The van der Waals surface area contributed by atoms with Gasteiger partial charge in [0.15, 0.2) is 0 Å². The van der Waals surface area contributed by atoms with Crippen molar-refractivity contribution in [3.8, 4) is 0 Å². The average Bonchev–Trinajstić information content (AvgIpc) is 2.93. The minimum absolute atomic E-state index is 0.185. The van der Waals surface area contributed by atoms with E-state index in [0.29, 0.717) is 12.4 Å². The maximum absolute atomic E-state index is 11.9. The summed E-state index contributed by atoms with van der Waals surface area (Å²) in [6.07, 6.45) is 2.50. The summed E-state index contributed by atoms with van der Waals surface area (Å²) in [6.45, 7) is 0.871. The Kier molecular flexibility index (Phi) is 5.48. The number of carbonyl (C=O) groups excluding carboxylic acids is 1. The highest BCUT2D eigenvalue weighted by molar-refractivity contribution is 5.94. The number of aryl methyl sites for hydroxylation is 2. The molecule has 21 heavy (non-hydrogen) atoms. The lowest BCUT2D eigenvalue weighted by molar-refractivity contribution is -0.118. The van der Waals surface area contributed by atoms with Gasteiger partial charge in [-0.3, -0.25) is 4.79 Å². The number of anilines is 1. The molecule has 1 amide bonds. The van der Waals surface area contributed by atoms with Crippen LogP contribution in [0.1, 0.15) is 5.56 Å². The third-order valence-electron chi connectivity index (χ3n) is 3.11. The second-order valence-corrected chi connectivity index (χ2v) is 4.73. The van der Waals surface area contributed by atoms with Gasteiger partial charge in [0.25, 0.3) is 0 Å². The van der Waals surface area contributed by atoms with Gasteiger partial charge in [-0.25, -0.2) is 4.68 Å². The van der Waals surface area contributed by atoms with Gasteiger partial charge in [0.2, 0.25) is 5.91 Å². The average molecular weight is 288 g/mol. The molecule has 0 bridgehead atoms. The van der Waals surface area contributed by atoms with Crippen molar-refractivity contribution in [3.05, 3.63) is 48.2 Å². The van der Waals surface area contributed by atoms with Crippen molar-refractivity contribution < 1.29 is 9.53 Å². The van der Waals surface area contributed by atoms with Gasteiger partial charge in [0, 0.05) is 19.7 Å². The van der Waals surface area contributed by atoms with E-state index in [4.69, 9.17) is 10.5 Å². The van der Waals surface area contributed by atoms with Gasteiger partial charge < -0.3 is 15.8 Å². The molecule has 2 rings (SSSR count). The fourth-order valence-corrected chi connectivity index (χ4v) is 1.97. The Morgan fingerprint density at radius 3 is 2.86 bits per heavy atom. The Morgan fingerprint density at radius 1 is 1.38 bits per heavy atom. The Balaban J connectivity index is 1.94. The molecule has 0 fully saturated rings. The number of nitrogens with zero attached hydrogens (tertiary/aromatic N) is 2. The van der Waals surface area contributed by atoms with Crippen molar-refractivity contribution in [3.63, 3.8) is 0 Å². The Bertz CT molecular complexity index is 568. The summed E-state index contributed by atoms with van der Waals surface area (Å²) in [5, 5.41) is 6.99. The molecule has 1 heterocycles. The third-order valence-corrected chi connectivity index (χ3v) is 3.11. The lowest BCUT2D eigenvalue weighted by Crippen LogP contribution is -2.39. The SMILES string of the molecule is COCC(N)C(=O)Nc1ccnn1CCc1ccccc1. The number of amides is 1. The molecule has 1 unspecified atom stereocenters. The summed E-state index contributed by atoms with van der Waals surface area (Å²) in [6, 6.07) is 11.2. The first-order valence-electron chi connectivity index (χ1n) is 6.82. The van der Waals surface area contributed by atoms with Crippen molar-refractivity contribution in [2.45, 2.75) is 19.0 Å². The first kappa shape index (κ1) is 15.2. The summed E-state index contributed by atoms with van der Waals surface area (Å²) < 4.78 is 6.63. The van der Waals surface area contributed by atoms with Crippen LogP contribution >= 0.6 is 0 Å². The predicted molar refractivity (Wildman–Crippen MR) is 80.9 cm³/mol. The van der Waals surface area contributed by atoms with Gasteiger partial charge >= 0.3 is 0 Å². The number of aromatic nitrogens is 2. The molecule has 0 aliphatic carbocycles. The van der Waals surface area contributed by atoms with Crippen LogP contribution in [-0.4, -0.2) is 35.4 Å². The van der Waals surface area contributed by atoms with Gasteiger partial charge in [-0.15, -0.1) is 0 Å². The number of carbonyl (C=O) groups is 1. The van der Waals surface area contributed by atoms with Crippen molar-refractivity contribution in [1.29, 1.82) is 0 Å². The van der Waals surface area contributed by atoms with E-state index in [-0.39, 0.29) is 12.5 Å². The second-order valence-electron chi connectivity index (χ2n) is 4.73. The number of hydrogen-bond acceptors (Lipinski definition) is 4. The van der Waals surface area contributed by atoms with Crippen molar-refractivity contribution >= 4 is 11.7 Å². The van der Waals surface area contributed by atoms with Crippen molar-refractivity contribution in [1.82, 2.24) is 9.78 Å². The molecule has 6 heteroatoms. The Morgan fingerprint density at radius 2 is 2.14 bits per heavy atom. The molecule has 112 valence electrons. The highest BCUT2D eigenvalue weighted by atomic mass is 16.5. The number of benzene rings is 1. The van der Waals surface area contributed by atoms with Gasteiger partial charge in [-0.05, 0) is 12.0 Å². The summed E-state index contributed by atoms with van der Waals surface area (Å²) in [7, 11) is 1.51. The zero-order valence-electron chi connectivity index (χ0n) is 12.0. The lowest BCUT2D eigenvalue weighted by Gasteiger charge is -2.12. The summed E-state index contributed by atoms with van der Waals surface area (Å²) in [5.74, 6) is 0.362. The van der Waals surface area contributed by atoms with Gasteiger partial charge in [-0.2, -0.15) is 5.10 Å². The molecule has 0 saturated carbocycles. The van der Waals surface area contributed by atoms with E-state index in [0.717, 1.165) is 6.42 Å². The highest BCUT2D eigenvalue weighted by Gasteiger charge is 2.15. The van der Waals surface area contributed by atoms with E-state index >= 15 is 0 Å². The Labute approximate surface area is 123 Å². The molecule has 3 N–H and O–H groups in total. The molecule has 1 atom stereocenters. The van der Waals surface area contributed by atoms with Gasteiger partial charge in [-0.1, -0.05) is 30.3 Å². The van der Waals surface area contributed by atoms with E-state index in [9.17, 15) is 4.79 Å². The second kappa shape index (κ2) is 7.56. The van der Waals surface area contributed by atoms with Crippen molar-refractivity contribution in [2.75, 3.05) is 19.0 Å². The van der Waals surface area contributed by atoms with E-state index in [1.54, 1.807) is 16.9 Å². The number of methoxy groups -OCH3 is 1. The zero-order valence-corrected chi connectivity index (χ0v) is 12.0. The maximum atomic E-state index is 11.9. The minimum Gasteiger partial charge on any atom is -0.383 e. The van der Waals surface area contributed by atoms with Crippen LogP contribution in [0.15, 0.2) is 42.6 Å². The topological polar surface area (TPSA) is 82.2 Å². The molecular weight excluding hydrogens is 268 g/mol. The molecule has 1 aromatic heterocycles. The minimum atomic E-state index is -0.688. The highest BCUT2D eigenvalue weighted by Crippen LogP contribution is 2.09. The maximum Gasteiger partial charge on any atom is 0.244 e. The Hall–Kier alpha value is -2.18. The summed E-state index contributed by atoms with van der Waals surface area (Å²) in [4.78, 5) is 11.9. The van der Waals surface area contributed by atoms with E-state index in [1.165, 1.54) is 12.7 Å². The number of hydrogen-bond donors (Lipinski definition) is 2. The van der Waals surface area contributed by atoms with Crippen LogP contribution < -0.4 is 11.1 Å².